The molecule has 20 heavy (non-hydrogen) atoms. The Morgan fingerprint density at radius 2 is 1.80 bits per heavy atom. The smallest absolute Gasteiger partial charge is 0.236 e. The number of hydrogen-bond donors (Lipinski definition) is 1. The van der Waals surface area contributed by atoms with Gasteiger partial charge >= 0.3 is 0 Å². The van der Waals surface area contributed by atoms with Gasteiger partial charge in [0.25, 0.3) is 0 Å². The monoisotopic (exact) mass is 268 g/mol. The van der Waals surface area contributed by atoms with Crippen molar-refractivity contribution in [2.24, 2.45) is 5.73 Å². The number of carbonyl (C=O) groups excluding carboxylic acids is 1. The molecule has 0 saturated carbocycles. The molecule has 0 unspecified atom stereocenters. The maximum Gasteiger partial charge on any atom is 0.236 e. The predicted octanol–water partition coefficient (Wildman–Crippen LogP) is 2.58. The Bertz CT molecular complexity index is 590. The number of carbonyl (C=O) groups is 1. The van der Waals surface area contributed by atoms with Crippen LogP contribution < -0.4 is 5.73 Å². The Morgan fingerprint density at radius 3 is 2.45 bits per heavy atom. The molecule has 0 atom stereocenters. The first-order valence-electron chi connectivity index (χ1n) is 6.70. The molecule has 0 aliphatic rings. The Hall–Kier alpha value is -2.13. The molecule has 0 aliphatic carbocycles. The third-order valence-electron chi connectivity index (χ3n) is 3.33. The van der Waals surface area contributed by atoms with Gasteiger partial charge in [0.15, 0.2) is 0 Å². The van der Waals surface area contributed by atoms with Crippen LogP contribution in [-0.2, 0) is 11.3 Å². The van der Waals surface area contributed by atoms with Gasteiger partial charge in [-0.2, -0.15) is 0 Å². The third kappa shape index (κ3) is 3.45. The molecule has 104 valence electrons. The van der Waals surface area contributed by atoms with Gasteiger partial charge in [-0.15, -0.1) is 0 Å². The summed E-state index contributed by atoms with van der Waals surface area (Å²) in [6.45, 7) is 2.71. The lowest BCUT2D eigenvalue weighted by atomic mass is 10.0. The van der Waals surface area contributed by atoms with Crippen molar-refractivity contribution >= 4 is 5.91 Å². The second-order valence-corrected chi connectivity index (χ2v) is 5.02. The molecule has 0 radical (unpaired) electrons. The maximum atomic E-state index is 11.5. The summed E-state index contributed by atoms with van der Waals surface area (Å²) in [5.74, 6) is -0.0502. The van der Waals surface area contributed by atoms with Gasteiger partial charge in [0.05, 0.1) is 6.54 Å². The zero-order valence-electron chi connectivity index (χ0n) is 12.0. The van der Waals surface area contributed by atoms with Crippen LogP contribution in [0.2, 0.25) is 0 Å². The fourth-order valence-electron chi connectivity index (χ4n) is 2.11. The number of nitrogens with two attached hydrogens (primary N) is 1. The topological polar surface area (TPSA) is 46.3 Å². The van der Waals surface area contributed by atoms with E-state index in [2.05, 4.69) is 43.3 Å². The number of hydrogen-bond acceptors (Lipinski definition) is 2. The average molecular weight is 268 g/mol. The fourth-order valence-corrected chi connectivity index (χ4v) is 2.11. The number of aryl methyl sites for hydroxylation is 1. The van der Waals surface area contributed by atoms with Gasteiger partial charge in [-0.3, -0.25) is 4.79 Å². The van der Waals surface area contributed by atoms with Crippen molar-refractivity contribution in [3.63, 3.8) is 0 Å². The van der Waals surface area contributed by atoms with Crippen molar-refractivity contribution in [2.75, 3.05) is 13.6 Å². The molecule has 0 aliphatic heterocycles. The molecule has 0 saturated heterocycles. The van der Waals surface area contributed by atoms with Crippen LogP contribution in [0.15, 0.2) is 48.5 Å². The number of benzene rings is 2. The molecule has 0 heterocycles. The third-order valence-corrected chi connectivity index (χ3v) is 3.33. The number of amides is 1. The van der Waals surface area contributed by atoms with Gasteiger partial charge in [-0.1, -0.05) is 48.0 Å². The molecule has 0 aromatic heterocycles. The first-order chi connectivity index (χ1) is 9.60. The van der Waals surface area contributed by atoms with Crippen LogP contribution in [0.25, 0.3) is 11.1 Å². The van der Waals surface area contributed by atoms with Crippen LogP contribution in [0, 0.1) is 6.92 Å². The molecular weight excluding hydrogens is 248 g/mol. The van der Waals surface area contributed by atoms with Crippen molar-refractivity contribution in [1.82, 2.24) is 4.90 Å². The molecule has 1 amide bonds. The largest absolute Gasteiger partial charge is 0.340 e. The number of likely N-dealkylation sites (N-methyl/N-ethyl adjacent to an activating group) is 1. The Morgan fingerprint density at radius 1 is 1.10 bits per heavy atom. The predicted molar refractivity (Wildman–Crippen MR) is 82.1 cm³/mol. The minimum Gasteiger partial charge on any atom is -0.340 e. The van der Waals surface area contributed by atoms with E-state index in [9.17, 15) is 4.79 Å². The molecule has 0 fully saturated rings. The molecule has 2 rings (SSSR count). The molecule has 3 nitrogen and oxygen atoms in total. The van der Waals surface area contributed by atoms with Gasteiger partial charge in [-0.25, -0.2) is 0 Å². The summed E-state index contributed by atoms with van der Waals surface area (Å²) in [5.41, 5.74) is 10.1. The zero-order chi connectivity index (χ0) is 14.5. The van der Waals surface area contributed by atoms with Crippen LogP contribution in [-0.4, -0.2) is 24.4 Å². The van der Waals surface area contributed by atoms with Crippen LogP contribution in [0.4, 0.5) is 0 Å². The summed E-state index contributed by atoms with van der Waals surface area (Å²) < 4.78 is 0. The van der Waals surface area contributed by atoms with Crippen LogP contribution >= 0.6 is 0 Å². The fraction of sp³-hybridized carbons (Fsp3) is 0.235. The Kier molecular flexibility index (Phi) is 4.53. The minimum absolute atomic E-state index is 0.0498. The maximum absolute atomic E-state index is 11.5. The second-order valence-electron chi connectivity index (χ2n) is 5.02. The van der Waals surface area contributed by atoms with Gasteiger partial charge < -0.3 is 10.6 Å². The number of nitrogens with zero attached hydrogens (tertiary/aromatic N) is 1. The van der Waals surface area contributed by atoms with Crippen molar-refractivity contribution in [2.45, 2.75) is 13.5 Å². The van der Waals surface area contributed by atoms with Gasteiger partial charge in [-0.05, 0) is 29.7 Å². The highest BCUT2D eigenvalue weighted by Gasteiger charge is 2.07. The standard InChI is InChI=1S/C17H20N2O/c1-13-6-8-15(9-7-13)16-5-3-4-14(10-16)12-19(2)17(20)11-18/h3-10H,11-12,18H2,1-2H3. The van der Waals surface area contributed by atoms with E-state index in [-0.39, 0.29) is 12.5 Å². The molecule has 0 spiro atoms. The molecular formula is C17H20N2O. The summed E-state index contributed by atoms with van der Waals surface area (Å²) in [6.07, 6.45) is 0. The summed E-state index contributed by atoms with van der Waals surface area (Å²) in [7, 11) is 1.77. The summed E-state index contributed by atoms with van der Waals surface area (Å²) in [4.78, 5) is 13.2. The van der Waals surface area contributed by atoms with Crippen LogP contribution in [0.5, 0.6) is 0 Å². The Labute approximate surface area is 120 Å². The van der Waals surface area contributed by atoms with Crippen molar-refractivity contribution < 1.29 is 4.79 Å². The first-order valence-corrected chi connectivity index (χ1v) is 6.70. The zero-order valence-corrected chi connectivity index (χ0v) is 12.0. The van der Waals surface area contributed by atoms with Gasteiger partial charge in [0, 0.05) is 13.6 Å². The molecule has 2 aromatic carbocycles. The highest BCUT2D eigenvalue weighted by Crippen LogP contribution is 2.21. The van der Waals surface area contributed by atoms with E-state index in [1.807, 2.05) is 12.1 Å². The van der Waals surface area contributed by atoms with Crippen LogP contribution in [0.1, 0.15) is 11.1 Å². The Balaban J connectivity index is 2.20. The van der Waals surface area contributed by atoms with Gasteiger partial charge in [0.2, 0.25) is 5.91 Å². The lowest BCUT2D eigenvalue weighted by Gasteiger charge is -2.16. The SMILES string of the molecule is Cc1ccc(-c2cccc(CN(C)C(=O)CN)c2)cc1. The van der Waals surface area contributed by atoms with E-state index in [1.165, 1.54) is 11.1 Å². The highest BCUT2D eigenvalue weighted by molar-refractivity contribution is 5.77. The molecule has 3 heteroatoms. The van der Waals surface area contributed by atoms with E-state index in [0.29, 0.717) is 6.54 Å². The average Bonchev–Trinajstić information content (AvgIpc) is 2.47. The first kappa shape index (κ1) is 14.3. The lowest BCUT2D eigenvalue weighted by molar-refractivity contribution is -0.128. The quantitative estimate of drug-likeness (QED) is 0.926. The normalized spacial score (nSPS) is 10.3. The summed E-state index contributed by atoms with van der Waals surface area (Å²) in [5, 5.41) is 0. The minimum atomic E-state index is -0.0502. The summed E-state index contributed by atoms with van der Waals surface area (Å²) in [6, 6.07) is 16.7. The molecule has 2 N–H and O–H groups in total. The lowest BCUT2D eigenvalue weighted by Crippen LogP contribution is -2.32. The summed E-state index contributed by atoms with van der Waals surface area (Å²) >= 11 is 0. The van der Waals surface area contributed by atoms with Crippen molar-refractivity contribution in [3.05, 3.63) is 59.7 Å². The van der Waals surface area contributed by atoms with E-state index in [4.69, 9.17) is 5.73 Å². The van der Waals surface area contributed by atoms with E-state index >= 15 is 0 Å². The second kappa shape index (κ2) is 6.35. The van der Waals surface area contributed by atoms with E-state index in [0.717, 1.165) is 11.1 Å². The van der Waals surface area contributed by atoms with Crippen molar-refractivity contribution in [1.29, 1.82) is 0 Å². The highest BCUT2D eigenvalue weighted by atomic mass is 16.2. The van der Waals surface area contributed by atoms with Crippen molar-refractivity contribution in [3.8, 4) is 11.1 Å². The van der Waals surface area contributed by atoms with E-state index < -0.39 is 0 Å². The molecule has 2 aromatic rings. The van der Waals surface area contributed by atoms with E-state index in [1.54, 1.807) is 11.9 Å². The molecule has 0 bridgehead atoms. The van der Waals surface area contributed by atoms with Gasteiger partial charge in [0.1, 0.15) is 0 Å². The van der Waals surface area contributed by atoms with Crippen LogP contribution in [0.3, 0.4) is 0 Å². The number of rotatable bonds is 4.